The molecule has 0 fully saturated rings. The number of hydrogen-bond donors (Lipinski definition) is 2. The Labute approximate surface area is 181 Å². The van der Waals surface area contributed by atoms with E-state index in [4.69, 9.17) is 20.8 Å². The van der Waals surface area contributed by atoms with Gasteiger partial charge in [0.15, 0.2) is 0 Å². The summed E-state index contributed by atoms with van der Waals surface area (Å²) in [5.41, 5.74) is 2.51. The van der Waals surface area contributed by atoms with E-state index in [0.29, 0.717) is 40.4 Å². The molecule has 10 heteroatoms. The number of para-hydroxylation sites is 2. The topological polar surface area (TPSA) is 106 Å². The number of carbonyl (C=O) groups is 1. The summed E-state index contributed by atoms with van der Waals surface area (Å²) in [5.74, 6) is 1.84. The summed E-state index contributed by atoms with van der Waals surface area (Å²) >= 11 is 7.24. The second-order valence-electron chi connectivity index (χ2n) is 6.35. The number of H-pyrrole nitrogens is 1. The van der Waals surface area contributed by atoms with E-state index in [1.165, 1.54) is 18.9 Å². The number of anilines is 1. The lowest BCUT2D eigenvalue weighted by molar-refractivity contribution is -0.113. The Hall–Kier alpha value is -3.04. The fourth-order valence-corrected chi connectivity index (χ4v) is 3.65. The second-order valence-corrected chi connectivity index (χ2v) is 7.68. The summed E-state index contributed by atoms with van der Waals surface area (Å²) in [7, 11) is 1.53. The first-order valence-corrected chi connectivity index (χ1v) is 10.5. The minimum atomic E-state index is -0.205. The molecule has 0 atom stereocenters. The Morgan fingerprint density at radius 2 is 2.10 bits per heavy atom. The molecule has 2 aromatic heterocycles. The number of amides is 1. The number of rotatable bonds is 8. The van der Waals surface area contributed by atoms with E-state index >= 15 is 0 Å². The van der Waals surface area contributed by atoms with E-state index in [1.807, 2.05) is 24.3 Å². The molecule has 0 radical (unpaired) electrons. The zero-order chi connectivity index (χ0) is 20.9. The maximum Gasteiger partial charge on any atom is 0.277 e. The quantitative estimate of drug-likeness (QED) is 0.394. The summed E-state index contributed by atoms with van der Waals surface area (Å²) < 4.78 is 10.7. The van der Waals surface area contributed by atoms with E-state index in [9.17, 15) is 4.79 Å². The third-order valence-corrected chi connectivity index (χ3v) is 5.34. The number of nitrogens with zero attached hydrogens (tertiary/aromatic N) is 3. The smallest absolute Gasteiger partial charge is 0.277 e. The van der Waals surface area contributed by atoms with E-state index in [0.717, 1.165) is 16.9 Å². The normalized spacial score (nSPS) is 11.0. The number of ether oxygens (including phenoxy) is 1. The minimum absolute atomic E-state index is 0.134. The third-order valence-electron chi connectivity index (χ3n) is 4.22. The Kier molecular flexibility index (Phi) is 6.20. The highest BCUT2D eigenvalue weighted by molar-refractivity contribution is 7.99. The van der Waals surface area contributed by atoms with Crippen LogP contribution in [0.4, 0.5) is 5.69 Å². The van der Waals surface area contributed by atoms with Crippen molar-refractivity contribution in [1.82, 2.24) is 20.2 Å². The largest absolute Gasteiger partial charge is 0.495 e. The van der Waals surface area contributed by atoms with Crippen molar-refractivity contribution < 1.29 is 13.9 Å². The standard InChI is InChI=1S/C20H18ClN5O3S/c1-28-16-7-6-12(10-13(16)21)22-18(27)11-30-20-26-25-19(29-20)9-8-17-23-14-4-2-3-5-15(14)24-17/h2-7,10H,8-9,11H2,1H3,(H,22,27)(H,23,24). The molecule has 0 spiro atoms. The van der Waals surface area contributed by atoms with Gasteiger partial charge in [0.1, 0.15) is 11.6 Å². The Bertz CT molecular complexity index is 1140. The highest BCUT2D eigenvalue weighted by atomic mass is 35.5. The van der Waals surface area contributed by atoms with E-state index < -0.39 is 0 Å². The van der Waals surface area contributed by atoms with Crippen molar-refractivity contribution >= 4 is 46.0 Å². The SMILES string of the molecule is COc1ccc(NC(=O)CSc2nnc(CCc3nc4ccccc4[nH]3)o2)cc1Cl. The number of methoxy groups -OCH3 is 1. The number of aryl methyl sites for hydroxylation is 2. The van der Waals surface area contributed by atoms with Crippen molar-refractivity contribution in [2.75, 3.05) is 18.2 Å². The highest BCUT2D eigenvalue weighted by Crippen LogP contribution is 2.27. The molecule has 0 aliphatic heterocycles. The van der Waals surface area contributed by atoms with E-state index in [2.05, 4.69) is 25.5 Å². The van der Waals surface area contributed by atoms with Crippen LogP contribution in [0.2, 0.25) is 5.02 Å². The molecule has 2 heterocycles. The van der Waals surface area contributed by atoms with Gasteiger partial charge in [0.05, 0.1) is 28.9 Å². The van der Waals surface area contributed by atoms with Gasteiger partial charge in [-0.2, -0.15) is 0 Å². The number of carbonyl (C=O) groups excluding carboxylic acids is 1. The van der Waals surface area contributed by atoms with Crippen molar-refractivity contribution in [3.8, 4) is 5.75 Å². The van der Waals surface area contributed by atoms with Gasteiger partial charge < -0.3 is 19.5 Å². The van der Waals surface area contributed by atoms with Gasteiger partial charge in [-0.15, -0.1) is 10.2 Å². The third kappa shape index (κ3) is 4.92. The number of imidazole rings is 1. The Morgan fingerprint density at radius 3 is 2.90 bits per heavy atom. The average molecular weight is 444 g/mol. The average Bonchev–Trinajstić information content (AvgIpc) is 3.37. The van der Waals surface area contributed by atoms with Crippen LogP contribution in [0.1, 0.15) is 11.7 Å². The van der Waals surface area contributed by atoms with Gasteiger partial charge in [-0.05, 0) is 30.3 Å². The zero-order valence-corrected chi connectivity index (χ0v) is 17.6. The Balaban J connectivity index is 1.26. The van der Waals surface area contributed by atoms with Crippen molar-refractivity contribution in [1.29, 1.82) is 0 Å². The van der Waals surface area contributed by atoms with Crippen LogP contribution in [0, 0.1) is 0 Å². The molecule has 0 unspecified atom stereocenters. The molecule has 4 rings (SSSR count). The van der Waals surface area contributed by atoms with Gasteiger partial charge in [0, 0.05) is 18.5 Å². The van der Waals surface area contributed by atoms with Crippen LogP contribution in [0.25, 0.3) is 11.0 Å². The van der Waals surface area contributed by atoms with Crippen molar-refractivity contribution in [2.24, 2.45) is 0 Å². The molecule has 1 amide bonds. The summed E-state index contributed by atoms with van der Waals surface area (Å²) in [6, 6.07) is 12.9. The van der Waals surface area contributed by atoms with Gasteiger partial charge in [-0.1, -0.05) is 35.5 Å². The maximum atomic E-state index is 12.1. The van der Waals surface area contributed by atoms with Gasteiger partial charge in [0.2, 0.25) is 11.8 Å². The summed E-state index contributed by atoms with van der Waals surface area (Å²) in [5, 5.41) is 11.6. The predicted molar refractivity (Wildman–Crippen MR) is 115 cm³/mol. The summed E-state index contributed by atoms with van der Waals surface area (Å²) in [6.07, 6.45) is 1.21. The minimum Gasteiger partial charge on any atom is -0.495 e. The summed E-state index contributed by atoms with van der Waals surface area (Å²) in [6.45, 7) is 0. The van der Waals surface area contributed by atoms with Crippen molar-refractivity contribution in [3.05, 3.63) is 59.2 Å². The molecule has 2 aromatic carbocycles. The fraction of sp³-hybridized carbons (Fsp3) is 0.200. The molecule has 30 heavy (non-hydrogen) atoms. The number of fused-ring (bicyclic) bond motifs is 1. The number of halogens is 1. The lowest BCUT2D eigenvalue weighted by atomic mass is 10.3. The van der Waals surface area contributed by atoms with Crippen LogP contribution in [0.5, 0.6) is 5.75 Å². The number of hydrogen-bond acceptors (Lipinski definition) is 7. The molecule has 4 aromatic rings. The van der Waals surface area contributed by atoms with Crippen molar-refractivity contribution in [3.63, 3.8) is 0 Å². The number of nitrogens with one attached hydrogen (secondary N) is 2. The second kappa shape index (κ2) is 9.19. The molecule has 0 aliphatic carbocycles. The van der Waals surface area contributed by atoms with Crippen LogP contribution in [0.15, 0.2) is 52.1 Å². The molecule has 0 saturated heterocycles. The summed E-state index contributed by atoms with van der Waals surface area (Å²) in [4.78, 5) is 19.9. The van der Waals surface area contributed by atoms with Gasteiger partial charge >= 0.3 is 0 Å². The van der Waals surface area contributed by atoms with Crippen LogP contribution in [-0.2, 0) is 17.6 Å². The van der Waals surface area contributed by atoms with Crippen LogP contribution in [0.3, 0.4) is 0 Å². The molecule has 0 saturated carbocycles. The van der Waals surface area contributed by atoms with Crippen LogP contribution in [-0.4, -0.2) is 38.9 Å². The Morgan fingerprint density at radius 1 is 1.23 bits per heavy atom. The van der Waals surface area contributed by atoms with Gasteiger partial charge in [-0.25, -0.2) is 4.98 Å². The van der Waals surface area contributed by atoms with Gasteiger partial charge in [-0.3, -0.25) is 4.79 Å². The molecule has 154 valence electrons. The molecular formula is C20H18ClN5O3S. The molecule has 0 bridgehead atoms. The monoisotopic (exact) mass is 443 g/mol. The van der Waals surface area contributed by atoms with Gasteiger partial charge in [0.25, 0.3) is 5.22 Å². The molecule has 0 aliphatic rings. The molecule has 8 nitrogen and oxygen atoms in total. The lowest BCUT2D eigenvalue weighted by Crippen LogP contribution is -2.14. The van der Waals surface area contributed by atoms with Crippen LogP contribution >= 0.6 is 23.4 Å². The first-order valence-electron chi connectivity index (χ1n) is 9.13. The maximum absolute atomic E-state index is 12.1. The van der Waals surface area contributed by atoms with E-state index in [-0.39, 0.29) is 11.7 Å². The predicted octanol–water partition coefficient (Wildman–Crippen LogP) is 4.12. The van der Waals surface area contributed by atoms with Crippen molar-refractivity contribution in [2.45, 2.75) is 18.1 Å². The molecule has 2 N–H and O–H groups in total. The first-order chi connectivity index (χ1) is 14.6. The lowest BCUT2D eigenvalue weighted by Gasteiger charge is -2.07. The number of benzene rings is 2. The fourth-order valence-electron chi connectivity index (χ4n) is 2.82. The zero-order valence-electron chi connectivity index (χ0n) is 16.0. The number of aromatic amines is 1. The number of aromatic nitrogens is 4. The molecular weight excluding hydrogens is 426 g/mol. The first kappa shape index (κ1) is 20.2. The highest BCUT2D eigenvalue weighted by Gasteiger charge is 2.12. The van der Waals surface area contributed by atoms with Crippen LogP contribution < -0.4 is 10.1 Å². The number of thioether (sulfide) groups is 1. The van der Waals surface area contributed by atoms with E-state index in [1.54, 1.807) is 18.2 Å².